The molecule has 0 saturated carbocycles. The van der Waals surface area contributed by atoms with E-state index in [1.54, 1.807) is 25.3 Å². The number of carboxylic acids is 1. The van der Waals surface area contributed by atoms with E-state index in [2.05, 4.69) is 10.3 Å². The Morgan fingerprint density at radius 3 is 2.52 bits per heavy atom. The van der Waals surface area contributed by atoms with Crippen LogP contribution in [0.2, 0.25) is 0 Å². The zero-order chi connectivity index (χ0) is 15.2. The first-order chi connectivity index (χ1) is 10.1. The minimum Gasteiger partial charge on any atom is -0.480 e. The number of aromatic nitrogens is 1. The molecule has 0 spiro atoms. The lowest BCUT2D eigenvalue weighted by Gasteiger charge is -2.15. The zero-order valence-corrected chi connectivity index (χ0v) is 11.6. The second-order valence-electron chi connectivity index (χ2n) is 4.69. The molecule has 0 fully saturated rings. The van der Waals surface area contributed by atoms with Crippen molar-refractivity contribution in [1.82, 2.24) is 10.3 Å². The highest BCUT2D eigenvalue weighted by molar-refractivity contribution is 5.97. The maximum Gasteiger partial charge on any atom is 0.326 e. The summed E-state index contributed by atoms with van der Waals surface area (Å²) in [5.41, 5.74) is 1.81. The monoisotopic (exact) mass is 284 g/mol. The summed E-state index contributed by atoms with van der Waals surface area (Å²) in [6.45, 7) is 1.71. The Hall–Kier alpha value is -2.69. The third kappa shape index (κ3) is 3.89. The summed E-state index contributed by atoms with van der Waals surface area (Å²) in [6, 6.07) is 11.5. The summed E-state index contributed by atoms with van der Waals surface area (Å²) in [4.78, 5) is 27.5. The second-order valence-corrected chi connectivity index (χ2v) is 4.69. The van der Waals surface area contributed by atoms with Crippen LogP contribution >= 0.6 is 0 Å². The fourth-order valence-electron chi connectivity index (χ4n) is 2.01. The second kappa shape index (κ2) is 6.65. The van der Waals surface area contributed by atoms with Gasteiger partial charge in [-0.1, -0.05) is 30.3 Å². The van der Waals surface area contributed by atoms with Gasteiger partial charge in [0.05, 0.1) is 5.56 Å². The fourth-order valence-corrected chi connectivity index (χ4v) is 2.01. The van der Waals surface area contributed by atoms with Crippen LogP contribution in [0.4, 0.5) is 0 Å². The van der Waals surface area contributed by atoms with Gasteiger partial charge in [0.25, 0.3) is 5.91 Å². The first kappa shape index (κ1) is 14.7. The zero-order valence-electron chi connectivity index (χ0n) is 11.6. The number of aliphatic carboxylic acids is 1. The summed E-state index contributed by atoms with van der Waals surface area (Å²) in [5.74, 6) is -1.49. The SMILES string of the molecule is Cc1ncccc1C(=O)N[C@@H](Cc1ccccc1)C(=O)O. The molecule has 5 heteroatoms. The van der Waals surface area contributed by atoms with Crippen molar-refractivity contribution in [2.45, 2.75) is 19.4 Å². The lowest BCUT2D eigenvalue weighted by atomic mass is 10.1. The maximum atomic E-state index is 12.2. The Morgan fingerprint density at radius 1 is 1.19 bits per heavy atom. The van der Waals surface area contributed by atoms with Gasteiger partial charge in [-0.3, -0.25) is 9.78 Å². The molecule has 0 aliphatic carbocycles. The largest absolute Gasteiger partial charge is 0.480 e. The predicted molar refractivity (Wildman–Crippen MR) is 78.0 cm³/mol. The van der Waals surface area contributed by atoms with E-state index in [1.165, 1.54) is 0 Å². The molecule has 0 aliphatic heterocycles. The van der Waals surface area contributed by atoms with Crippen molar-refractivity contribution in [1.29, 1.82) is 0 Å². The van der Waals surface area contributed by atoms with E-state index < -0.39 is 17.9 Å². The van der Waals surface area contributed by atoms with E-state index in [0.29, 0.717) is 11.3 Å². The average Bonchev–Trinajstić information content (AvgIpc) is 2.48. The molecular weight excluding hydrogens is 268 g/mol. The molecule has 1 amide bonds. The molecule has 1 aromatic carbocycles. The van der Waals surface area contributed by atoms with Gasteiger partial charge in [0.1, 0.15) is 6.04 Å². The number of carboxylic acid groups (broad SMARTS) is 1. The first-order valence-corrected chi connectivity index (χ1v) is 6.57. The van der Waals surface area contributed by atoms with Gasteiger partial charge in [0.15, 0.2) is 0 Å². The average molecular weight is 284 g/mol. The van der Waals surface area contributed by atoms with Crippen molar-refractivity contribution < 1.29 is 14.7 Å². The van der Waals surface area contributed by atoms with Crippen molar-refractivity contribution in [3.05, 3.63) is 65.5 Å². The molecule has 5 nitrogen and oxygen atoms in total. The predicted octanol–water partition coefficient (Wildman–Crippen LogP) is 1.82. The molecule has 0 saturated heterocycles. The molecule has 2 rings (SSSR count). The number of hydrogen-bond acceptors (Lipinski definition) is 3. The van der Waals surface area contributed by atoms with Gasteiger partial charge in [0, 0.05) is 18.3 Å². The Kier molecular flexibility index (Phi) is 4.66. The molecule has 0 aliphatic rings. The van der Waals surface area contributed by atoms with Gasteiger partial charge >= 0.3 is 5.97 Å². The molecule has 108 valence electrons. The van der Waals surface area contributed by atoms with E-state index in [4.69, 9.17) is 0 Å². The van der Waals surface area contributed by atoms with Gasteiger partial charge < -0.3 is 10.4 Å². The number of carbonyl (C=O) groups is 2. The Balaban J connectivity index is 2.12. The molecule has 1 atom stereocenters. The molecular formula is C16H16N2O3. The van der Waals surface area contributed by atoms with Gasteiger partial charge in [-0.2, -0.15) is 0 Å². The molecule has 2 aromatic rings. The number of rotatable bonds is 5. The number of benzene rings is 1. The van der Waals surface area contributed by atoms with Crippen LogP contribution in [0.25, 0.3) is 0 Å². The topological polar surface area (TPSA) is 79.3 Å². The van der Waals surface area contributed by atoms with Crippen molar-refractivity contribution in [2.75, 3.05) is 0 Å². The van der Waals surface area contributed by atoms with Crippen molar-refractivity contribution in [3.8, 4) is 0 Å². The van der Waals surface area contributed by atoms with E-state index in [-0.39, 0.29) is 6.42 Å². The Bertz CT molecular complexity index is 641. The maximum absolute atomic E-state index is 12.2. The highest BCUT2D eigenvalue weighted by Crippen LogP contribution is 2.07. The van der Waals surface area contributed by atoms with Gasteiger partial charge in [-0.05, 0) is 24.6 Å². The van der Waals surface area contributed by atoms with Crippen molar-refractivity contribution in [3.63, 3.8) is 0 Å². The summed E-state index contributed by atoms with van der Waals surface area (Å²) in [7, 11) is 0. The quantitative estimate of drug-likeness (QED) is 0.877. The van der Waals surface area contributed by atoms with E-state index in [9.17, 15) is 14.7 Å². The van der Waals surface area contributed by atoms with E-state index >= 15 is 0 Å². The Morgan fingerprint density at radius 2 is 1.90 bits per heavy atom. The van der Waals surface area contributed by atoms with Crippen molar-refractivity contribution >= 4 is 11.9 Å². The number of nitrogens with zero attached hydrogens (tertiary/aromatic N) is 1. The van der Waals surface area contributed by atoms with E-state index in [0.717, 1.165) is 5.56 Å². The summed E-state index contributed by atoms with van der Waals surface area (Å²) >= 11 is 0. The number of aryl methyl sites for hydroxylation is 1. The molecule has 0 unspecified atom stereocenters. The number of nitrogens with one attached hydrogen (secondary N) is 1. The normalized spacial score (nSPS) is 11.7. The number of carbonyl (C=O) groups excluding carboxylic acids is 1. The molecule has 1 aromatic heterocycles. The van der Waals surface area contributed by atoms with Crippen LogP contribution in [-0.4, -0.2) is 28.0 Å². The first-order valence-electron chi connectivity index (χ1n) is 6.57. The highest BCUT2D eigenvalue weighted by atomic mass is 16.4. The highest BCUT2D eigenvalue weighted by Gasteiger charge is 2.21. The fraction of sp³-hybridized carbons (Fsp3) is 0.188. The van der Waals surface area contributed by atoms with Crippen LogP contribution in [0, 0.1) is 6.92 Å². The molecule has 2 N–H and O–H groups in total. The van der Waals surface area contributed by atoms with Crippen LogP contribution in [0.15, 0.2) is 48.7 Å². The molecule has 0 radical (unpaired) electrons. The van der Waals surface area contributed by atoms with Gasteiger partial charge in [0.2, 0.25) is 0 Å². The van der Waals surface area contributed by atoms with Gasteiger partial charge in [-0.25, -0.2) is 4.79 Å². The summed E-state index contributed by atoms with van der Waals surface area (Å²) in [5, 5.41) is 11.8. The van der Waals surface area contributed by atoms with Crippen molar-refractivity contribution in [2.24, 2.45) is 0 Å². The third-order valence-corrected chi connectivity index (χ3v) is 3.14. The molecule has 21 heavy (non-hydrogen) atoms. The molecule has 0 bridgehead atoms. The van der Waals surface area contributed by atoms with Crippen LogP contribution in [0.1, 0.15) is 21.6 Å². The summed E-state index contributed by atoms with van der Waals surface area (Å²) < 4.78 is 0. The smallest absolute Gasteiger partial charge is 0.326 e. The van der Waals surface area contributed by atoms with Crippen LogP contribution in [-0.2, 0) is 11.2 Å². The lowest BCUT2D eigenvalue weighted by molar-refractivity contribution is -0.139. The van der Waals surface area contributed by atoms with Gasteiger partial charge in [-0.15, -0.1) is 0 Å². The van der Waals surface area contributed by atoms with Crippen LogP contribution < -0.4 is 5.32 Å². The lowest BCUT2D eigenvalue weighted by Crippen LogP contribution is -2.42. The minimum absolute atomic E-state index is 0.237. The standard InChI is InChI=1S/C16H16N2O3/c1-11-13(8-5-9-17-11)15(19)18-14(16(20)21)10-12-6-3-2-4-7-12/h2-9,14H,10H2,1H3,(H,18,19)(H,20,21)/t14-/m0/s1. The number of hydrogen-bond donors (Lipinski definition) is 2. The number of pyridine rings is 1. The minimum atomic E-state index is -1.06. The van der Waals surface area contributed by atoms with E-state index in [1.807, 2.05) is 30.3 Å². The van der Waals surface area contributed by atoms with Crippen LogP contribution in [0.5, 0.6) is 0 Å². The molecule has 1 heterocycles. The summed E-state index contributed by atoms with van der Waals surface area (Å²) in [6.07, 6.45) is 1.83. The van der Waals surface area contributed by atoms with Crippen LogP contribution in [0.3, 0.4) is 0 Å². The Labute approximate surface area is 122 Å². The number of amides is 1. The third-order valence-electron chi connectivity index (χ3n) is 3.14.